The molecule has 1 aliphatic heterocycles. The van der Waals surface area contributed by atoms with E-state index in [1.54, 1.807) is 17.0 Å². The molecule has 2 aromatic carbocycles. The Morgan fingerprint density at radius 1 is 1.05 bits per heavy atom. The van der Waals surface area contributed by atoms with Crippen molar-refractivity contribution in [1.82, 2.24) is 15.2 Å². The number of benzene rings is 2. The lowest BCUT2D eigenvalue weighted by molar-refractivity contribution is -0.127. The first-order valence-corrected chi connectivity index (χ1v) is 12.3. The summed E-state index contributed by atoms with van der Waals surface area (Å²) < 4.78 is 33.4. The number of nitrogens with zero attached hydrogens (tertiary/aromatic N) is 2. The van der Waals surface area contributed by atoms with E-state index in [0.29, 0.717) is 30.2 Å². The van der Waals surface area contributed by atoms with E-state index in [0.717, 1.165) is 18.9 Å². The van der Waals surface area contributed by atoms with Crippen LogP contribution in [0.4, 0.5) is 25.1 Å². The van der Waals surface area contributed by atoms with Crippen molar-refractivity contribution in [3.05, 3.63) is 90.6 Å². The number of piperidine rings is 1. The number of nitrogens with one attached hydrogen (secondary N) is 3. The van der Waals surface area contributed by atoms with Crippen molar-refractivity contribution in [2.45, 2.75) is 25.3 Å². The van der Waals surface area contributed by atoms with Crippen molar-refractivity contribution in [3.63, 3.8) is 0 Å². The molecule has 0 unspecified atom stereocenters. The minimum absolute atomic E-state index is 0.0678. The van der Waals surface area contributed by atoms with Crippen LogP contribution in [0.2, 0.25) is 0 Å². The molecule has 1 aliphatic rings. The molecule has 0 atom stereocenters. The van der Waals surface area contributed by atoms with E-state index < -0.39 is 23.6 Å². The number of hydrogen-bond acceptors (Lipinski definition) is 6. The molecule has 4 rings (SSSR count). The number of halogens is 2. The highest BCUT2D eigenvalue weighted by molar-refractivity contribution is 6.01. The van der Waals surface area contributed by atoms with Crippen molar-refractivity contribution in [2.24, 2.45) is 0 Å². The highest BCUT2D eigenvalue weighted by Crippen LogP contribution is 2.28. The summed E-state index contributed by atoms with van der Waals surface area (Å²) in [5.41, 5.74) is 0.652. The predicted molar refractivity (Wildman–Crippen MR) is 141 cm³/mol. The van der Waals surface area contributed by atoms with Gasteiger partial charge < -0.3 is 20.3 Å². The van der Waals surface area contributed by atoms with E-state index in [1.807, 2.05) is 0 Å². The molecular weight excluding hydrogens is 508 g/mol. The second-order valence-electron chi connectivity index (χ2n) is 8.88. The van der Waals surface area contributed by atoms with Crippen molar-refractivity contribution >= 4 is 29.4 Å². The first-order valence-electron chi connectivity index (χ1n) is 12.3. The van der Waals surface area contributed by atoms with E-state index in [4.69, 9.17) is 4.74 Å². The monoisotopic (exact) mass is 535 g/mol. The molecule has 2 heterocycles. The molecule has 11 heteroatoms. The van der Waals surface area contributed by atoms with Gasteiger partial charge in [0.25, 0.3) is 0 Å². The summed E-state index contributed by atoms with van der Waals surface area (Å²) in [7, 11) is 0. The number of ether oxygens (including phenoxy) is 1. The molecule has 1 fully saturated rings. The topological polar surface area (TPSA) is 113 Å². The lowest BCUT2D eigenvalue weighted by atomic mass is 10.0. The van der Waals surface area contributed by atoms with Gasteiger partial charge in [-0.1, -0.05) is 18.7 Å². The zero-order chi connectivity index (χ0) is 27.8. The van der Waals surface area contributed by atoms with Gasteiger partial charge in [-0.2, -0.15) is 0 Å². The summed E-state index contributed by atoms with van der Waals surface area (Å²) in [6.07, 6.45) is 4.23. The second kappa shape index (κ2) is 12.6. The number of rotatable bonds is 8. The van der Waals surface area contributed by atoms with Gasteiger partial charge in [0.05, 0.1) is 6.42 Å². The van der Waals surface area contributed by atoms with E-state index in [2.05, 4.69) is 27.5 Å². The fourth-order valence-corrected chi connectivity index (χ4v) is 4.05. The van der Waals surface area contributed by atoms with Gasteiger partial charge in [-0.3, -0.25) is 14.9 Å². The van der Waals surface area contributed by atoms with Crippen molar-refractivity contribution < 1.29 is 27.9 Å². The lowest BCUT2D eigenvalue weighted by Gasteiger charge is -2.32. The third-order valence-electron chi connectivity index (χ3n) is 6.01. The van der Waals surface area contributed by atoms with Gasteiger partial charge in [0.1, 0.15) is 17.4 Å². The summed E-state index contributed by atoms with van der Waals surface area (Å²) in [5, 5.41) is 7.85. The summed E-state index contributed by atoms with van der Waals surface area (Å²) in [4.78, 5) is 41.9. The van der Waals surface area contributed by atoms with Gasteiger partial charge in [-0.15, -0.1) is 0 Å². The fourth-order valence-electron chi connectivity index (χ4n) is 4.05. The molecule has 0 bridgehead atoms. The summed E-state index contributed by atoms with van der Waals surface area (Å²) in [5.74, 6) is -0.989. The normalized spacial score (nSPS) is 13.3. The molecule has 0 spiro atoms. The number of aromatic nitrogens is 1. The zero-order valence-electron chi connectivity index (χ0n) is 21.0. The summed E-state index contributed by atoms with van der Waals surface area (Å²) in [6, 6.07) is 11.7. The number of hydrogen-bond donors (Lipinski definition) is 3. The van der Waals surface area contributed by atoms with Gasteiger partial charge in [0, 0.05) is 43.1 Å². The Bertz CT molecular complexity index is 1360. The minimum atomic E-state index is -0.834. The standard InChI is InChI=1S/C28H27F2N5O4/c1-2-27(37)35-13-10-20(11-14-35)32-25-17-22(9-12-31-25)39-24-8-7-21(16-23(24)30)33-28(38)34-26(36)15-18-3-5-19(29)6-4-18/h2-9,12,16-17,20H,1,10-11,13-15H2,(H,31,32)(H2,33,34,36,38). The molecular formula is C28H27F2N5O4. The van der Waals surface area contributed by atoms with Crippen LogP contribution in [0.5, 0.6) is 11.5 Å². The average Bonchev–Trinajstić information content (AvgIpc) is 2.91. The Balaban J connectivity index is 1.29. The summed E-state index contributed by atoms with van der Waals surface area (Å²) in [6.45, 7) is 4.75. The number of carbonyl (C=O) groups excluding carboxylic acids is 3. The Morgan fingerprint density at radius 2 is 1.79 bits per heavy atom. The van der Waals surface area contributed by atoms with Crippen molar-refractivity contribution in [1.29, 1.82) is 0 Å². The van der Waals surface area contributed by atoms with Crippen LogP contribution >= 0.6 is 0 Å². The molecule has 3 N–H and O–H groups in total. The van der Waals surface area contributed by atoms with E-state index >= 15 is 0 Å². The number of likely N-dealkylation sites (tertiary alicyclic amines) is 1. The highest BCUT2D eigenvalue weighted by Gasteiger charge is 2.21. The molecule has 1 saturated heterocycles. The van der Waals surface area contributed by atoms with Crippen LogP contribution in [0.3, 0.4) is 0 Å². The van der Waals surface area contributed by atoms with Crippen LogP contribution in [-0.2, 0) is 16.0 Å². The maximum atomic E-state index is 14.7. The fraction of sp³-hybridized carbons (Fsp3) is 0.214. The molecule has 39 heavy (non-hydrogen) atoms. The van der Waals surface area contributed by atoms with Gasteiger partial charge in [0.15, 0.2) is 11.6 Å². The quantitative estimate of drug-likeness (QED) is 0.363. The summed E-state index contributed by atoms with van der Waals surface area (Å²) >= 11 is 0. The maximum absolute atomic E-state index is 14.7. The smallest absolute Gasteiger partial charge is 0.325 e. The largest absolute Gasteiger partial charge is 0.454 e. The van der Waals surface area contributed by atoms with Gasteiger partial charge in [-0.25, -0.2) is 18.6 Å². The molecule has 3 aromatic rings. The first kappa shape index (κ1) is 27.2. The van der Waals surface area contributed by atoms with Crippen molar-refractivity contribution in [2.75, 3.05) is 23.7 Å². The maximum Gasteiger partial charge on any atom is 0.325 e. The van der Waals surface area contributed by atoms with Crippen LogP contribution in [0.25, 0.3) is 0 Å². The number of anilines is 2. The number of pyridine rings is 1. The third-order valence-corrected chi connectivity index (χ3v) is 6.01. The molecule has 9 nitrogen and oxygen atoms in total. The van der Waals surface area contributed by atoms with E-state index in [-0.39, 0.29) is 29.8 Å². The molecule has 0 radical (unpaired) electrons. The van der Waals surface area contributed by atoms with Crippen LogP contribution in [0.1, 0.15) is 18.4 Å². The van der Waals surface area contributed by atoms with Gasteiger partial charge in [-0.05, 0) is 54.8 Å². The predicted octanol–water partition coefficient (Wildman–Crippen LogP) is 4.63. The molecule has 1 aromatic heterocycles. The molecule has 202 valence electrons. The van der Waals surface area contributed by atoms with Crippen molar-refractivity contribution in [3.8, 4) is 11.5 Å². The SMILES string of the molecule is C=CC(=O)N1CCC(Nc2cc(Oc3ccc(NC(=O)NC(=O)Cc4ccc(F)cc4)cc3F)ccn2)CC1. The van der Waals surface area contributed by atoms with Crippen LogP contribution in [0, 0.1) is 11.6 Å². The Kier molecular flexibility index (Phi) is 8.82. The number of amides is 4. The first-order chi connectivity index (χ1) is 18.8. The van der Waals surface area contributed by atoms with Gasteiger partial charge >= 0.3 is 6.03 Å². The molecule has 0 saturated carbocycles. The third kappa shape index (κ3) is 7.84. The molecule has 0 aliphatic carbocycles. The van der Waals surface area contributed by atoms with E-state index in [9.17, 15) is 23.2 Å². The number of carbonyl (C=O) groups is 3. The Morgan fingerprint density at radius 3 is 2.49 bits per heavy atom. The van der Waals surface area contributed by atoms with Crippen LogP contribution in [0.15, 0.2) is 73.4 Å². The van der Waals surface area contributed by atoms with Crippen LogP contribution < -0.4 is 20.7 Å². The second-order valence-corrected chi connectivity index (χ2v) is 8.88. The number of urea groups is 1. The lowest BCUT2D eigenvalue weighted by Crippen LogP contribution is -2.41. The minimum Gasteiger partial charge on any atom is -0.454 e. The zero-order valence-corrected chi connectivity index (χ0v) is 21.0. The van der Waals surface area contributed by atoms with Gasteiger partial charge in [0.2, 0.25) is 11.8 Å². The Hall–Kier alpha value is -4.80. The number of imide groups is 1. The molecule has 4 amide bonds. The van der Waals surface area contributed by atoms with Crippen LogP contribution in [-0.4, -0.2) is 46.9 Å². The average molecular weight is 536 g/mol. The van der Waals surface area contributed by atoms with E-state index in [1.165, 1.54) is 48.7 Å². The highest BCUT2D eigenvalue weighted by atomic mass is 19.1. The Labute approximate surface area is 223 Å².